The number of hydrogen-bond donors (Lipinski definition) is 2. The number of pyridine rings is 1. The molecule has 116 valence electrons. The third-order valence-corrected chi connectivity index (χ3v) is 5.47. The Hall–Kier alpha value is -1.18. The Bertz CT molecular complexity index is 609. The van der Waals surface area contributed by atoms with Crippen LogP contribution in [0.2, 0.25) is 0 Å². The van der Waals surface area contributed by atoms with Crippen LogP contribution in [0.4, 0.5) is 5.82 Å². The highest BCUT2D eigenvalue weighted by Crippen LogP contribution is 2.28. The molecule has 21 heavy (non-hydrogen) atoms. The van der Waals surface area contributed by atoms with Gasteiger partial charge in [-0.3, -0.25) is 0 Å². The molecule has 2 fully saturated rings. The van der Waals surface area contributed by atoms with Gasteiger partial charge < -0.3 is 10.0 Å². The number of rotatable bonds is 5. The van der Waals surface area contributed by atoms with Crippen molar-refractivity contribution in [3.05, 3.63) is 18.3 Å². The molecule has 1 saturated carbocycles. The molecule has 1 atom stereocenters. The summed E-state index contributed by atoms with van der Waals surface area (Å²) in [6.45, 7) is 3.56. The molecule has 1 aliphatic heterocycles. The van der Waals surface area contributed by atoms with Gasteiger partial charge in [0.25, 0.3) is 0 Å². The minimum atomic E-state index is -3.46. The molecule has 0 spiro atoms. The van der Waals surface area contributed by atoms with E-state index in [1.807, 2.05) is 4.90 Å². The van der Waals surface area contributed by atoms with Crippen molar-refractivity contribution in [1.82, 2.24) is 9.71 Å². The molecule has 0 bridgehead atoms. The van der Waals surface area contributed by atoms with E-state index < -0.39 is 15.6 Å². The van der Waals surface area contributed by atoms with Gasteiger partial charge in [0, 0.05) is 25.8 Å². The summed E-state index contributed by atoms with van der Waals surface area (Å²) in [5.74, 6) is 1.20. The van der Waals surface area contributed by atoms with Crippen LogP contribution in [0.3, 0.4) is 0 Å². The van der Waals surface area contributed by atoms with Gasteiger partial charge in [0.1, 0.15) is 10.7 Å². The lowest BCUT2D eigenvalue weighted by atomic mass is 10.1. The van der Waals surface area contributed by atoms with E-state index in [0.717, 1.165) is 19.4 Å². The highest BCUT2D eigenvalue weighted by atomic mass is 32.2. The highest BCUT2D eigenvalue weighted by Gasteiger charge is 2.32. The van der Waals surface area contributed by atoms with Crippen LogP contribution >= 0.6 is 0 Å². The smallest absolute Gasteiger partial charge is 0.242 e. The van der Waals surface area contributed by atoms with Crippen LogP contribution in [0.1, 0.15) is 26.2 Å². The maximum atomic E-state index is 12.1. The molecule has 2 aliphatic rings. The Balaban J connectivity index is 1.68. The lowest BCUT2D eigenvalue weighted by Gasteiger charge is -2.19. The predicted octanol–water partition coefficient (Wildman–Crippen LogP) is 0.731. The van der Waals surface area contributed by atoms with Crippen molar-refractivity contribution in [3.8, 4) is 0 Å². The Morgan fingerprint density at radius 3 is 2.76 bits per heavy atom. The quantitative estimate of drug-likeness (QED) is 0.838. The standard InChI is InChI=1S/C14H21N3O3S/c1-14(18)6-7-17(10-14)13-5-4-12(9-15-13)21(19,20)16-8-11-2-3-11/h4-5,9,11,16,18H,2-3,6-8,10H2,1H3. The lowest BCUT2D eigenvalue weighted by Crippen LogP contribution is -2.30. The number of nitrogens with one attached hydrogen (secondary N) is 1. The summed E-state index contributed by atoms with van der Waals surface area (Å²) in [5, 5.41) is 9.96. The number of hydrogen-bond acceptors (Lipinski definition) is 5. The topological polar surface area (TPSA) is 82.5 Å². The third kappa shape index (κ3) is 3.53. The van der Waals surface area contributed by atoms with Crippen molar-refractivity contribution in [2.24, 2.45) is 5.92 Å². The Labute approximate surface area is 125 Å². The van der Waals surface area contributed by atoms with Crippen LogP contribution < -0.4 is 9.62 Å². The first kappa shape index (κ1) is 14.7. The van der Waals surface area contributed by atoms with Crippen molar-refractivity contribution in [3.63, 3.8) is 0 Å². The van der Waals surface area contributed by atoms with Gasteiger partial charge in [0.05, 0.1) is 5.60 Å². The second-order valence-electron chi connectivity index (χ2n) is 6.32. The molecule has 2 N–H and O–H groups in total. The van der Waals surface area contributed by atoms with Crippen LogP contribution in [-0.2, 0) is 10.0 Å². The molecular weight excluding hydrogens is 290 g/mol. The van der Waals surface area contributed by atoms with Gasteiger partial charge in [-0.05, 0) is 44.2 Å². The predicted molar refractivity (Wildman–Crippen MR) is 79.6 cm³/mol. The number of aliphatic hydroxyl groups is 1. The van der Waals surface area contributed by atoms with Gasteiger partial charge in [0.2, 0.25) is 10.0 Å². The fraction of sp³-hybridized carbons (Fsp3) is 0.643. The molecular formula is C14H21N3O3S. The summed E-state index contributed by atoms with van der Waals surface area (Å²) in [6.07, 6.45) is 4.29. The average Bonchev–Trinajstić information content (AvgIpc) is 3.20. The minimum absolute atomic E-state index is 0.192. The zero-order valence-electron chi connectivity index (χ0n) is 12.1. The van der Waals surface area contributed by atoms with Crippen molar-refractivity contribution in [2.45, 2.75) is 36.7 Å². The van der Waals surface area contributed by atoms with E-state index in [1.165, 1.54) is 6.20 Å². The van der Waals surface area contributed by atoms with E-state index in [-0.39, 0.29) is 4.90 Å². The highest BCUT2D eigenvalue weighted by molar-refractivity contribution is 7.89. The molecule has 6 nitrogen and oxygen atoms in total. The van der Waals surface area contributed by atoms with E-state index in [0.29, 0.717) is 31.2 Å². The van der Waals surface area contributed by atoms with Crippen LogP contribution in [0.25, 0.3) is 0 Å². The Kier molecular flexibility index (Phi) is 3.67. The monoisotopic (exact) mass is 311 g/mol. The number of nitrogens with zero attached hydrogens (tertiary/aromatic N) is 2. The summed E-state index contributed by atoms with van der Waals surface area (Å²) in [7, 11) is -3.46. The lowest BCUT2D eigenvalue weighted by molar-refractivity contribution is 0.0839. The number of β-amino-alcohol motifs (C(OH)–C–C–N with tert-alkyl or cyclic N) is 1. The first-order valence-corrected chi connectivity index (χ1v) is 8.77. The number of sulfonamides is 1. The fourth-order valence-corrected chi connectivity index (χ4v) is 3.55. The molecule has 1 saturated heterocycles. The van der Waals surface area contributed by atoms with E-state index >= 15 is 0 Å². The minimum Gasteiger partial charge on any atom is -0.388 e. The summed E-state index contributed by atoms with van der Waals surface area (Å²) in [5.41, 5.74) is -0.696. The second kappa shape index (κ2) is 5.23. The summed E-state index contributed by atoms with van der Waals surface area (Å²) in [6, 6.07) is 3.28. The first-order chi connectivity index (χ1) is 9.86. The maximum absolute atomic E-state index is 12.1. The number of anilines is 1. The van der Waals surface area contributed by atoms with E-state index in [2.05, 4.69) is 9.71 Å². The van der Waals surface area contributed by atoms with Gasteiger partial charge in [-0.2, -0.15) is 0 Å². The molecule has 1 aromatic heterocycles. The molecule has 1 aliphatic carbocycles. The summed E-state index contributed by atoms with van der Waals surface area (Å²) >= 11 is 0. The van der Waals surface area contributed by atoms with Crippen LogP contribution in [-0.4, -0.2) is 43.7 Å². The maximum Gasteiger partial charge on any atom is 0.242 e. The Morgan fingerprint density at radius 2 is 2.24 bits per heavy atom. The van der Waals surface area contributed by atoms with Gasteiger partial charge in [-0.25, -0.2) is 18.1 Å². The van der Waals surface area contributed by atoms with E-state index in [9.17, 15) is 13.5 Å². The SMILES string of the molecule is CC1(O)CCN(c2ccc(S(=O)(=O)NCC3CC3)cn2)C1. The normalized spacial score (nSPS) is 26.3. The summed E-state index contributed by atoms with van der Waals surface area (Å²) < 4.78 is 26.8. The van der Waals surface area contributed by atoms with Gasteiger partial charge in [-0.1, -0.05) is 0 Å². The first-order valence-electron chi connectivity index (χ1n) is 7.29. The van der Waals surface area contributed by atoms with Crippen molar-refractivity contribution >= 4 is 15.8 Å². The Morgan fingerprint density at radius 1 is 1.48 bits per heavy atom. The largest absolute Gasteiger partial charge is 0.388 e. The van der Waals surface area contributed by atoms with Crippen molar-refractivity contribution in [2.75, 3.05) is 24.5 Å². The van der Waals surface area contributed by atoms with Gasteiger partial charge >= 0.3 is 0 Å². The fourth-order valence-electron chi connectivity index (χ4n) is 2.49. The molecule has 0 amide bonds. The van der Waals surface area contributed by atoms with E-state index in [4.69, 9.17) is 0 Å². The molecule has 3 rings (SSSR count). The third-order valence-electron chi connectivity index (χ3n) is 4.07. The van der Waals surface area contributed by atoms with Gasteiger partial charge in [-0.15, -0.1) is 0 Å². The van der Waals surface area contributed by atoms with Crippen molar-refractivity contribution < 1.29 is 13.5 Å². The summed E-state index contributed by atoms with van der Waals surface area (Å²) in [4.78, 5) is 6.39. The second-order valence-corrected chi connectivity index (χ2v) is 8.08. The van der Waals surface area contributed by atoms with E-state index in [1.54, 1.807) is 19.1 Å². The van der Waals surface area contributed by atoms with Crippen LogP contribution in [0, 0.1) is 5.92 Å². The number of aromatic nitrogens is 1. The molecule has 0 aromatic carbocycles. The molecule has 0 radical (unpaired) electrons. The van der Waals surface area contributed by atoms with Gasteiger partial charge in [0.15, 0.2) is 0 Å². The van der Waals surface area contributed by atoms with Crippen LogP contribution in [0.5, 0.6) is 0 Å². The zero-order valence-corrected chi connectivity index (χ0v) is 12.9. The average molecular weight is 311 g/mol. The zero-order chi connectivity index (χ0) is 15.1. The van der Waals surface area contributed by atoms with Crippen LogP contribution in [0.15, 0.2) is 23.2 Å². The molecule has 2 heterocycles. The molecule has 7 heteroatoms. The molecule has 1 aromatic rings. The van der Waals surface area contributed by atoms with Crippen molar-refractivity contribution in [1.29, 1.82) is 0 Å². The molecule has 1 unspecified atom stereocenters.